The van der Waals surface area contributed by atoms with Crippen molar-refractivity contribution in [3.8, 4) is 0 Å². The minimum atomic E-state index is -2.13. The van der Waals surface area contributed by atoms with Gasteiger partial charge in [-0.2, -0.15) is 0 Å². The van der Waals surface area contributed by atoms with Gasteiger partial charge < -0.3 is 10.4 Å². The molecular weight excluding hydrogens is 414 g/mol. The Bertz CT molecular complexity index is 1170. The van der Waals surface area contributed by atoms with E-state index < -0.39 is 35.6 Å². The van der Waals surface area contributed by atoms with E-state index in [1.807, 2.05) is 0 Å². The molecule has 1 aliphatic rings. The molecule has 3 aromatic rings. The van der Waals surface area contributed by atoms with Crippen LogP contribution in [0.3, 0.4) is 0 Å². The van der Waals surface area contributed by atoms with Crippen molar-refractivity contribution in [2.75, 3.05) is 16.8 Å². The normalized spacial score (nSPS) is 17.7. The third-order valence-corrected chi connectivity index (χ3v) is 5.18. The average molecular weight is 429 g/mol. The zero-order valence-corrected chi connectivity index (χ0v) is 16.2. The van der Waals surface area contributed by atoms with E-state index in [-0.39, 0.29) is 21.8 Å². The molecule has 0 bridgehead atoms. The minimum absolute atomic E-state index is 0.0631. The molecule has 1 unspecified atom stereocenters. The van der Waals surface area contributed by atoms with Crippen LogP contribution >= 0.6 is 11.6 Å². The van der Waals surface area contributed by atoms with E-state index >= 15 is 0 Å². The van der Waals surface area contributed by atoms with Crippen LogP contribution in [0.5, 0.6) is 0 Å². The first-order chi connectivity index (χ1) is 14.3. The first kappa shape index (κ1) is 20.0. The highest BCUT2D eigenvalue weighted by Gasteiger charge is 2.51. The molecule has 30 heavy (non-hydrogen) atoms. The zero-order valence-electron chi connectivity index (χ0n) is 15.4. The number of amides is 2. The fourth-order valence-corrected chi connectivity index (χ4v) is 3.68. The lowest BCUT2D eigenvalue weighted by Gasteiger charge is -2.23. The Balaban J connectivity index is 1.65. The minimum Gasteiger partial charge on any atom is -0.372 e. The van der Waals surface area contributed by atoms with Gasteiger partial charge in [-0.1, -0.05) is 41.9 Å². The molecule has 0 aliphatic carbocycles. The summed E-state index contributed by atoms with van der Waals surface area (Å²) in [7, 11) is 0. The highest BCUT2D eigenvalue weighted by molar-refractivity contribution is 6.31. The average Bonchev–Trinajstić information content (AvgIpc) is 2.94. The van der Waals surface area contributed by atoms with Gasteiger partial charge in [0, 0.05) is 16.8 Å². The van der Waals surface area contributed by atoms with Gasteiger partial charge in [-0.05, 0) is 36.4 Å². The van der Waals surface area contributed by atoms with Crippen molar-refractivity contribution in [2.45, 2.75) is 5.60 Å². The Kier molecular flexibility index (Phi) is 5.01. The molecular formula is C22H15ClF2N2O3. The molecule has 0 saturated heterocycles. The maximum Gasteiger partial charge on any atom is 0.268 e. The summed E-state index contributed by atoms with van der Waals surface area (Å²) in [5.41, 5.74) is -1.22. The second-order valence-corrected chi connectivity index (χ2v) is 7.21. The lowest BCUT2D eigenvalue weighted by molar-refractivity contribution is -0.133. The predicted octanol–water partition coefficient (Wildman–Crippen LogP) is 3.84. The van der Waals surface area contributed by atoms with Crippen molar-refractivity contribution in [1.29, 1.82) is 0 Å². The van der Waals surface area contributed by atoms with Crippen molar-refractivity contribution in [2.24, 2.45) is 0 Å². The van der Waals surface area contributed by atoms with Crippen molar-refractivity contribution < 1.29 is 23.5 Å². The maximum atomic E-state index is 13.8. The number of nitrogens with one attached hydrogen (secondary N) is 1. The van der Waals surface area contributed by atoms with Crippen LogP contribution in [0.25, 0.3) is 0 Å². The number of fused-ring (bicyclic) bond motifs is 1. The largest absolute Gasteiger partial charge is 0.372 e. The number of para-hydroxylation sites is 1. The lowest BCUT2D eigenvalue weighted by atomic mass is 9.87. The van der Waals surface area contributed by atoms with Gasteiger partial charge in [0.1, 0.15) is 18.2 Å². The molecule has 8 heteroatoms. The number of anilines is 2. The summed E-state index contributed by atoms with van der Waals surface area (Å²) in [4.78, 5) is 26.8. The fourth-order valence-electron chi connectivity index (χ4n) is 3.50. The predicted molar refractivity (Wildman–Crippen MR) is 108 cm³/mol. The van der Waals surface area contributed by atoms with Gasteiger partial charge in [-0.15, -0.1) is 0 Å². The monoisotopic (exact) mass is 428 g/mol. The molecule has 1 aliphatic heterocycles. The van der Waals surface area contributed by atoms with Crippen LogP contribution in [0.2, 0.25) is 5.02 Å². The topological polar surface area (TPSA) is 69.6 Å². The smallest absolute Gasteiger partial charge is 0.268 e. The number of halogens is 3. The molecule has 1 atom stereocenters. The number of rotatable bonds is 4. The number of carbonyl (C=O) groups is 2. The fraction of sp³-hybridized carbons (Fsp3) is 0.0909. The van der Waals surface area contributed by atoms with Crippen LogP contribution in [-0.2, 0) is 15.2 Å². The number of aliphatic hydroxyl groups is 1. The molecule has 0 radical (unpaired) electrons. The van der Waals surface area contributed by atoms with Crippen molar-refractivity contribution >= 4 is 34.8 Å². The Labute approximate surface area is 175 Å². The van der Waals surface area contributed by atoms with Crippen LogP contribution in [0, 0.1) is 11.6 Å². The van der Waals surface area contributed by atoms with Gasteiger partial charge in [-0.25, -0.2) is 8.78 Å². The highest BCUT2D eigenvalue weighted by atomic mass is 35.5. The quantitative estimate of drug-likeness (QED) is 0.663. The molecule has 0 saturated carbocycles. The van der Waals surface area contributed by atoms with Gasteiger partial charge in [0.15, 0.2) is 5.60 Å². The Hall–Kier alpha value is -3.29. The van der Waals surface area contributed by atoms with E-state index in [9.17, 15) is 23.5 Å². The molecule has 4 rings (SSSR count). The Morgan fingerprint density at radius 2 is 1.83 bits per heavy atom. The van der Waals surface area contributed by atoms with Crippen LogP contribution < -0.4 is 10.2 Å². The zero-order chi connectivity index (χ0) is 21.5. The summed E-state index contributed by atoms with van der Waals surface area (Å²) in [5.74, 6) is -2.58. The van der Waals surface area contributed by atoms with Crippen molar-refractivity contribution in [1.82, 2.24) is 0 Å². The number of carbonyl (C=O) groups excluding carboxylic acids is 2. The summed E-state index contributed by atoms with van der Waals surface area (Å²) in [6.45, 7) is -0.414. The van der Waals surface area contributed by atoms with Gasteiger partial charge in [-0.3, -0.25) is 14.5 Å². The SMILES string of the molecule is O=C(CN1C(=O)C(O)(c2cccc(F)c2)c2ccccc21)Nc1ccc(F)c(Cl)c1. The lowest BCUT2D eigenvalue weighted by Crippen LogP contribution is -2.44. The third kappa shape index (κ3) is 3.32. The van der Waals surface area contributed by atoms with E-state index in [1.165, 1.54) is 30.3 Å². The van der Waals surface area contributed by atoms with Gasteiger partial charge in [0.25, 0.3) is 5.91 Å². The van der Waals surface area contributed by atoms with Gasteiger partial charge in [0.2, 0.25) is 5.91 Å². The molecule has 2 N–H and O–H groups in total. The van der Waals surface area contributed by atoms with Crippen molar-refractivity contribution in [3.63, 3.8) is 0 Å². The molecule has 152 valence electrons. The maximum absolute atomic E-state index is 13.8. The van der Waals surface area contributed by atoms with Crippen LogP contribution in [0.4, 0.5) is 20.2 Å². The van der Waals surface area contributed by atoms with Crippen molar-refractivity contribution in [3.05, 3.63) is 94.5 Å². The molecule has 3 aromatic carbocycles. The first-order valence-electron chi connectivity index (χ1n) is 8.95. The molecule has 1 heterocycles. The number of hydrogen-bond acceptors (Lipinski definition) is 3. The van der Waals surface area contributed by atoms with Crippen LogP contribution in [0.1, 0.15) is 11.1 Å². The summed E-state index contributed by atoms with van der Waals surface area (Å²) >= 11 is 5.72. The van der Waals surface area contributed by atoms with Gasteiger partial charge >= 0.3 is 0 Å². The Morgan fingerprint density at radius 3 is 2.57 bits per heavy atom. The van der Waals surface area contributed by atoms with E-state index in [0.29, 0.717) is 5.69 Å². The molecule has 5 nitrogen and oxygen atoms in total. The van der Waals surface area contributed by atoms with E-state index in [4.69, 9.17) is 11.6 Å². The molecule has 0 fully saturated rings. The van der Waals surface area contributed by atoms with E-state index in [2.05, 4.69) is 5.32 Å². The molecule has 0 aromatic heterocycles. The van der Waals surface area contributed by atoms with E-state index in [1.54, 1.807) is 24.3 Å². The van der Waals surface area contributed by atoms with Crippen LogP contribution in [-0.4, -0.2) is 23.5 Å². The molecule has 2 amide bonds. The van der Waals surface area contributed by atoms with Crippen LogP contribution in [0.15, 0.2) is 66.7 Å². The van der Waals surface area contributed by atoms with Gasteiger partial charge in [0.05, 0.1) is 10.7 Å². The third-order valence-electron chi connectivity index (χ3n) is 4.89. The first-order valence-corrected chi connectivity index (χ1v) is 9.33. The second-order valence-electron chi connectivity index (χ2n) is 6.81. The summed E-state index contributed by atoms with van der Waals surface area (Å²) < 4.78 is 27.1. The second kappa shape index (κ2) is 7.51. The number of benzene rings is 3. The Morgan fingerprint density at radius 1 is 1.07 bits per heavy atom. The summed E-state index contributed by atoms with van der Waals surface area (Å²) in [6.07, 6.45) is 0. The summed E-state index contributed by atoms with van der Waals surface area (Å²) in [6, 6.07) is 15.3. The highest BCUT2D eigenvalue weighted by Crippen LogP contribution is 2.44. The number of nitrogens with zero attached hydrogens (tertiary/aromatic N) is 1. The number of hydrogen-bond donors (Lipinski definition) is 2. The standard InChI is InChI=1S/C22H15ClF2N2O3/c23-17-11-15(8-9-18(17)25)26-20(28)12-27-19-7-2-1-6-16(19)22(30,21(27)29)13-4-3-5-14(24)10-13/h1-11,30H,12H2,(H,26,28). The summed E-state index contributed by atoms with van der Waals surface area (Å²) in [5, 5.41) is 13.7. The van der Waals surface area contributed by atoms with E-state index in [0.717, 1.165) is 17.0 Å². The molecule has 0 spiro atoms.